The molecule has 1 aliphatic heterocycles. The monoisotopic (exact) mass is 249 g/mol. The SMILES string of the molecule is CCN=C1NC(=O)C(C)(c2ccc(C)c(F)c2)N1. The Morgan fingerprint density at radius 1 is 1.44 bits per heavy atom. The number of nitrogens with zero attached hydrogens (tertiary/aromatic N) is 1. The van der Waals surface area contributed by atoms with Crippen molar-refractivity contribution in [3.63, 3.8) is 0 Å². The fraction of sp³-hybridized carbons (Fsp3) is 0.385. The second-order valence-corrected chi connectivity index (χ2v) is 4.49. The van der Waals surface area contributed by atoms with Gasteiger partial charge in [-0.05, 0) is 38.0 Å². The van der Waals surface area contributed by atoms with E-state index in [1.54, 1.807) is 26.0 Å². The third kappa shape index (κ3) is 1.96. The molecule has 2 rings (SSSR count). The Morgan fingerprint density at radius 3 is 2.78 bits per heavy atom. The zero-order valence-electron chi connectivity index (χ0n) is 10.7. The van der Waals surface area contributed by atoms with Gasteiger partial charge < -0.3 is 5.32 Å². The molecule has 1 unspecified atom stereocenters. The Hall–Kier alpha value is -1.91. The highest BCUT2D eigenvalue weighted by molar-refractivity contribution is 6.09. The van der Waals surface area contributed by atoms with Crippen LogP contribution < -0.4 is 10.6 Å². The average molecular weight is 249 g/mol. The van der Waals surface area contributed by atoms with Crippen LogP contribution in [0.1, 0.15) is 25.0 Å². The summed E-state index contributed by atoms with van der Waals surface area (Å²) in [7, 11) is 0. The van der Waals surface area contributed by atoms with E-state index in [9.17, 15) is 9.18 Å². The van der Waals surface area contributed by atoms with Crippen molar-refractivity contribution in [2.45, 2.75) is 26.3 Å². The summed E-state index contributed by atoms with van der Waals surface area (Å²) in [4.78, 5) is 16.1. The van der Waals surface area contributed by atoms with Gasteiger partial charge in [-0.25, -0.2) is 4.39 Å². The summed E-state index contributed by atoms with van der Waals surface area (Å²) in [6.45, 7) is 5.85. The summed E-state index contributed by atoms with van der Waals surface area (Å²) in [6.07, 6.45) is 0. The van der Waals surface area contributed by atoms with Crippen molar-refractivity contribution in [2.24, 2.45) is 4.99 Å². The molecule has 0 bridgehead atoms. The molecule has 1 aromatic rings. The van der Waals surface area contributed by atoms with Crippen molar-refractivity contribution in [3.05, 3.63) is 35.1 Å². The highest BCUT2D eigenvalue weighted by atomic mass is 19.1. The van der Waals surface area contributed by atoms with Crippen molar-refractivity contribution in [1.82, 2.24) is 10.6 Å². The van der Waals surface area contributed by atoms with Gasteiger partial charge in [0.2, 0.25) is 0 Å². The lowest BCUT2D eigenvalue weighted by molar-refractivity contribution is -0.123. The number of amides is 1. The van der Waals surface area contributed by atoms with Crippen LogP contribution >= 0.6 is 0 Å². The van der Waals surface area contributed by atoms with Crippen LogP contribution in [0.3, 0.4) is 0 Å². The zero-order chi connectivity index (χ0) is 13.3. The Labute approximate surface area is 105 Å². The van der Waals surface area contributed by atoms with Crippen molar-refractivity contribution in [2.75, 3.05) is 6.54 Å². The van der Waals surface area contributed by atoms with Gasteiger partial charge >= 0.3 is 0 Å². The molecule has 5 heteroatoms. The first kappa shape index (κ1) is 12.5. The minimum absolute atomic E-state index is 0.224. The van der Waals surface area contributed by atoms with Crippen molar-refractivity contribution < 1.29 is 9.18 Å². The maximum Gasteiger partial charge on any atom is 0.256 e. The number of benzene rings is 1. The van der Waals surface area contributed by atoms with E-state index in [-0.39, 0.29) is 11.7 Å². The normalized spacial score (nSPS) is 25.1. The van der Waals surface area contributed by atoms with Crippen LogP contribution in [0.25, 0.3) is 0 Å². The number of hydrogen-bond acceptors (Lipinski definition) is 2. The molecule has 0 radical (unpaired) electrons. The third-order valence-corrected chi connectivity index (χ3v) is 3.12. The zero-order valence-corrected chi connectivity index (χ0v) is 10.7. The number of carbonyl (C=O) groups excluding carboxylic acids is 1. The van der Waals surface area contributed by atoms with E-state index in [0.29, 0.717) is 23.6 Å². The maximum atomic E-state index is 13.6. The van der Waals surface area contributed by atoms with Crippen molar-refractivity contribution in [3.8, 4) is 0 Å². The molecule has 1 atom stereocenters. The molecule has 96 valence electrons. The van der Waals surface area contributed by atoms with E-state index in [2.05, 4.69) is 15.6 Å². The number of nitrogens with one attached hydrogen (secondary N) is 2. The first-order valence-corrected chi connectivity index (χ1v) is 5.88. The molecule has 1 aromatic carbocycles. The minimum Gasteiger partial charge on any atom is -0.338 e. The fourth-order valence-electron chi connectivity index (χ4n) is 1.90. The molecule has 1 amide bonds. The number of halogens is 1. The Morgan fingerprint density at radius 2 is 2.17 bits per heavy atom. The second kappa shape index (κ2) is 4.40. The molecule has 0 saturated carbocycles. The van der Waals surface area contributed by atoms with Gasteiger partial charge in [0, 0.05) is 6.54 Å². The lowest BCUT2D eigenvalue weighted by Gasteiger charge is -2.22. The lowest BCUT2D eigenvalue weighted by Crippen LogP contribution is -2.40. The van der Waals surface area contributed by atoms with Gasteiger partial charge in [-0.2, -0.15) is 0 Å². The minimum atomic E-state index is -0.970. The number of aryl methyl sites for hydroxylation is 1. The molecule has 0 aromatic heterocycles. The van der Waals surface area contributed by atoms with Gasteiger partial charge in [0.25, 0.3) is 5.91 Å². The van der Waals surface area contributed by atoms with Crippen LogP contribution in [0.2, 0.25) is 0 Å². The highest BCUT2D eigenvalue weighted by Gasteiger charge is 2.42. The van der Waals surface area contributed by atoms with Gasteiger partial charge in [0.15, 0.2) is 5.96 Å². The molecular weight excluding hydrogens is 233 g/mol. The first-order valence-electron chi connectivity index (χ1n) is 5.88. The van der Waals surface area contributed by atoms with Gasteiger partial charge in [0.1, 0.15) is 11.4 Å². The van der Waals surface area contributed by atoms with Crippen LogP contribution in [0.15, 0.2) is 23.2 Å². The van der Waals surface area contributed by atoms with E-state index < -0.39 is 5.54 Å². The van der Waals surface area contributed by atoms with E-state index in [4.69, 9.17) is 0 Å². The van der Waals surface area contributed by atoms with Crippen molar-refractivity contribution >= 4 is 11.9 Å². The van der Waals surface area contributed by atoms with Gasteiger partial charge in [-0.1, -0.05) is 12.1 Å². The standard InChI is InChI=1S/C13H16FN3O/c1-4-15-12-16-11(18)13(3,17-12)9-6-5-8(2)10(14)7-9/h5-7H,4H2,1-3H3,(H2,15,16,17,18). The molecule has 0 aliphatic carbocycles. The van der Waals surface area contributed by atoms with Gasteiger partial charge in [-0.15, -0.1) is 0 Å². The maximum absolute atomic E-state index is 13.6. The lowest BCUT2D eigenvalue weighted by atomic mass is 9.91. The molecule has 0 spiro atoms. The quantitative estimate of drug-likeness (QED) is 0.833. The summed E-state index contributed by atoms with van der Waals surface area (Å²) >= 11 is 0. The molecule has 18 heavy (non-hydrogen) atoms. The molecule has 2 N–H and O–H groups in total. The molecule has 1 fully saturated rings. The molecule has 1 saturated heterocycles. The van der Waals surface area contributed by atoms with Gasteiger partial charge in [0.05, 0.1) is 0 Å². The molecule has 1 heterocycles. The van der Waals surface area contributed by atoms with E-state index in [1.807, 2.05) is 6.92 Å². The van der Waals surface area contributed by atoms with Crippen LogP contribution in [-0.2, 0) is 10.3 Å². The molecule has 4 nitrogen and oxygen atoms in total. The average Bonchev–Trinajstić information content (AvgIpc) is 2.60. The number of guanidine groups is 1. The first-order chi connectivity index (χ1) is 8.47. The smallest absolute Gasteiger partial charge is 0.256 e. The number of hydrogen-bond donors (Lipinski definition) is 2. The fourth-order valence-corrected chi connectivity index (χ4v) is 1.90. The Bertz CT molecular complexity index is 527. The Kier molecular flexibility index (Phi) is 3.07. The van der Waals surface area contributed by atoms with E-state index in [0.717, 1.165) is 0 Å². The van der Waals surface area contributed by atoms with E-state index in [1.165, 1.54) is 6.07 Å². The summed E-state index contributed by atoms with van der Waals surface area (Å²) in [5, 5.41) is 5.66. The largest absolute Gasteiger partial charge is 0.338 e. The highest BCUT2D eigenvalue weighted by Crippen LogP contribution is 2.25. The molecule has 1 aliphatic rings. The number of carbonyl (C=O) groups is 1. The summed E-state index contributed by atoms with van der Waals surface area (Å²) in [5.74, 6) is -0.104. The van der Waals surface area contributed by atoms with Gasteiger partial charge in [-0.3, -0.25) is 15.1 Å². The van der Waals surface area contributed by atoms with Crippen LogP contribution in [-0.4, -0.2) is 18.4 Å². The summed E-state index contributed by atoms with van der Waals surface area (Å²) in [5.41, 5.74) is 0.176. The van der Waals surface area contributed by atoms with Crippen LogP contribution in [0, 0.1) is 12.7 Å². The topological polar surface area (TPSA) is 53.5 Å². The predicted octanol–water partition coefficient (Wildman–Crippen LogP) is 1.44. The van der Waals surface area contributed by atoms with Crippen molar-refractivity contribution in [1.29, 1.82) is 0 Å². The number of aliphatic imine (C=N–C) groups is 1. The predicted molar refractivity (Wildman–Crippen MR) is 67.7 cm³/mol. The summed E-state index contributed by atoms with van der Waals surface area (Å²) < 4.78 is 13.6. The number of rotatable bonds is 2. The molecular formula is C13H16FN3O. The van der Waals surface area contributed by atoms with Crippen LogP contribution in [0.5, 0.6) is 0 Å². The third-order valence-electron chi connectivity index (χ3n) is 3.12. The second-order valence-electron chi connectivity index (χ2n) is 4.49. The van der Waals surface area contributed by atoms with Crippen LogP contribution in [0.4, 0.5) is 4.39 Å². The Balaban J connectivity index is 2.39. The van der Waals surface area contributed by atoms with E-state index >= 15 is 0 Å². The summed E-state index contributed by atoms with van der Waals surface area (Å²) in [6, 6.07) is 4.80.